The van der Waals surface area contributed by atoms with Gasteiger partial charge < -0.3 is 10.8 Å². The standard InChI is InChI=1S/C28H59N3O/c1-2-3-4-5-6-7-8-9-10-11-12-13-14-15-16-17-18-19-20-21-28-30(23-22-29)24-25-31(28)26-27-32/h28,32H,2-27,29H2,1H3. The Hall–Kier alpha value is -0.160. The van der Waals surface area contributed by atoms with Crippen LogP contribution in [0, 0.1) is 0 Å². The van der Waals surface area contributed by atoms with Crippen LogP contribution in [0.3, 0.4) is 0 Å². The van der Waals surface area contributed by atoms with Crippen LogP contribution in [-0.4, -0.2) is 60.4 Å². The Morgan fingerprint density at radius 1 is 0.594 bits per heavy atom. The molecule has 32 heavy (non-hydrogen) atoms. The first-order chi connectivity index (χ1) is 15.8. The second-order valence-electron chi connectivity index (χ2n) is 10.2. The van der Waals surface area contributed by atoms with Crippen LogP contribution in [0.15, 0.2) is 0 Å². The van der Waals surface area contributed by atoms with E-state index in [0.29, 0.717) is 6.17 Å². The van der Waals surface area contributed by atoms with Crippen LogP contribution in [0.25, 0.3) is 0 Å². The minimum atomic E-state index is 0.270. The van der Waals surface area contributed by atoms with Gasteiger partial charge in [-0.2, -0.15) is 0 Å². The predicted octanol–water partition coefficient (Wildman–Crippen LogP) is 6.70. The smallest absolute Gasteiger partial charge is 0.0624 e. The van der Waals surface area contributed by atoms with Gasteiger partial charge in [0, 0.05) is 32.7 Å². The van der Waals surface area contributed by atoms with Crippen molar-refractivity contribution >= 4 is 0 Å². The maximum atomic E-state index is 9.31. The zero-order valence-corrected chi connectivity index (χ0v) is 21.9. The molecule has 0 spiro atoms. The van der Waals surface area contributed by atoms with E-state index >= 15 is 0 Å². The first-order valence-corrected chi connectivity index (χ1v) is 14.6. The first-order valence-electron chi connectivity index (χ1n) is 14.6. The van der Waals surface area contributed by atoms with E-state index in [1.54, 1.807) is 0 Å². The van der Waals surface area contributed by atoms with Crippen LogP contribution < -0.4 is 5.73 Å². The highest BCUT2D eigenvalue weighted by Gasteiger charge is 2.29. The molecule has 4 nitrogen and oxygen atoms in total. The third kappa shape index (κ3) is 15.6. The highest BCUT2D eigenvalue weighted by Crippen LogP contribution is 2.20. The second kappa shape index (κ2) is 22.6. The molecule has 1 aliphatic rings. The van der Waals surface area contributed by atoms with Crippen molar-refractivity contribution in [1.29, 1.82) is 0 Å². The predicted molar refractivity (Wildman–Crippen MR) is 141 cm³/mol. The van der Waals surface area contributed by atoms with E-state index in [0.717, 1.165) is 32.7 Å². The Bertz CT molecular complexity index is 366. The van der Waals surface area contributed by atoms with Crippen molar-refractivity contribution in [3.63, 3.8) is 0 Å². The third-order valence-electron chi connectivity index (χ3n) is 7.39. The van der Waals surface area contributed by atoms with Gasteiger partial charge in [0.1, 0.15) is 0 Å². The number of rotatable bonds is 24. The molecule has 0 amide bonds. The van der Waals surface area contributed by atoms with Crippen LogP contribution in [-0.2, 0) is 0 Å². The van der Waals surface area contributed by atoms with Gasteiger partial charge in [-0.25, -0.2) is 0 Å². The second-order valence-corrected chi connectivity index (χ2v) is 10.2. The summed E-state index contributed by atoms with van der Waals surface area (Å²) in [6, 6.07) is 0. The molecule has 1 atom stereocenters. The summed E-state index contributed by atoms with van der Waals surface area (Å²) in [5.74, 6) is 0. The first kappa shape index (κ1) is 29.9. The van der Waals surface area contributed by atoms with E-state index < -0.39 is 0 Å². The van der Waals surface area contributed by atoms with E-state index in [4.69, 9.17) is 5.73 Å². The molecule has 1 rings (SSSR count). The quantitative estimate of drug-likeness (QED) is 0.160. The number of nitrogens with zero attached hydrogens (tertiary/aromatic N) is 2. The van der Waals surface area contributed by atoms with E-state index in [2.05, 4.69) is 16.7 Å². The van der Waals surface area contributed by atoms with E-state index in [1.165, 1.54) is 128 Å². The number of hydrogen-bond acceptors (Lipinski definition) is 4. The van der Waals surface area contributed by atoms with Crippen LogP contribution in [0.4, 0.5) is 0 Å². The van der Waals surface area contributed by atoms with Crippen molar-refractivity contribution < 1.29 is 5.11 Å². The fourth-order valence-electron chi connectivity index (χ4n) is 5.37. The molecular weight excluding hydrogens is 394 g/mol. The van der Waals surface area contributed by atoms with Gasteiger partial charge in [-0.1, -0.05) is 129 Å². The molecule has 4 heteroatoms. The molecule has 1 fully saturated rings. The van der Waals surface area contributed by atoms with E-state index in [9.17, 15) is 5.11 Å². The molecule has 0 aromatic carbocycles. The number of unbranched alkanes of at least 4 members (excludes halogenated alkanes) is 18. The Labute approximate surface area is 201 Å². The average molecular weight is 454 g/mol. The zero-order valence-electron chi connectivity index (χ0n) is 21.9. The maximum absolute atomic E-state index is 9.31. The number of hydrogen-bond donors (Lipinski definition) is 2. The third-order valence-corrected chi connectivity index (χ3v) is 7.39. The van der Waals surface area contributed by atoms with Crippen LogP contribution in [0.5, 0.6) is 0 Å². The largest absolute Gasteiger partial charge is 0.395 e. The lowest BCUT2D eigenvalue weighted by atomic mass is 10.0. The highest BCUT2D eigenvalue weighted by atomic mass is 16.3. The van der Waals surface area contributed by atoms with Gasteiger partial charge in [-0.3, -0.25) is 9.80 Å². The number of aliphatic hydroxyl groups excluding tert-OH is 1. The van der Waals surface area contributed by atoms with Crippen molar-refractivity contribution in [3.8, 4) is 0 Å². The van der Waals surface area contributed by atoms with Crippen molar-refractivity contribution in [2.24, 2.45) is 5.73 Å². The number of aliphatic hydroxyl groups is 1. The van der Waals surface area contributed by atoms with Gasteiger partial charge in [-0.15, -0.1) is 0 Å². The normalized spacial score (nSPS) is 17.5. The minimum absolute atomic E-state index is 0.270. The number of β-amino-alcohol motifs (C(OH)–C–C–N with tert-alkyl or cyclic N) is 1. The molecule has 0 aromatic rings. The summed E-state index contributed by atoms with van der Waals surface area (Å²) in [4.78, 5) is 4.97. The zero-order chi connectivity index (χ0) is 23.1. The van der Waals surface area contributed by atoms with Crippen molar-refractivity contribution in [2.75, 3.05) is 39.3 Å². The van der Waals surface area contributed by atoms with Gasteiger partial charge in [0.15, 0.2) is 0 Å². The van der Waals surface area contributed by atoms with Crippen LogP contribution in [0.1, 0.15) is 135 Å². The van der Waals surface area contributed by atoms with Gasteiger partial charge in [0.2, 0.25) is 0 Å². The van der Waals surface area contributed by atoms with E-state index in [1.807, 2.05) is 0 Å². The molecule has 192 valence electrons. The Morgan fingerprint density at radius 3 is 1.34 bits per heavy atom. The van der Waals surface area contributed by atoms with Gasteiger partial charge in [0.25, 0.3) is 0 Å². The van der Waals surface area contributed by atoms with Crippen molar-refractivity contribution in [3.05, 3.63) is 0 Å². The molecule has 0 radical (unpaired) electrons. The summed E-state index contributed by atoms with van der Waals surface area (Å²) >= 11 is 0. The molecule has 0 bridgehead atoms. The van der Waals surface area contributed by atoms with Gasteiger partial charge in [-0.05, 0) is 6.42 Å². The summed E-state index contributed by atoms with van der Waals surface area (Å²) in [5, 5.41) is 9.31. The molecule has 1 heterocycles. The molecular formula is C28H59N3O. The lowest BCUT2D eigenvalue weighted by Crippen LogP contribution is -2.41. The molecule has 1 aliphatic heterocycles. The molecule has 1 unspecified atom stereocenters. The van der Waals surface area contributed by atoms with Gasteiger partial charge in [0.05, 0.1) is 12.8 Å². The molecule has 0 aromatic heterocycles. The van der Waals surface area contributed by atoms with Crippen LogP contribution in [0.2, 0.25) is 0 Å². The lowest BCUT2D eigenvalue weighted by molar-refractivity contribution is 0.107. The molecule has 0 aliphatic carbocycles. The van der Waals surface area contributed by atoms with Gasteiger partial charge >= 0.3 is 0 Å². The summed E-state index contributed by atoms with van der Waals surface area (Å²) in [6.07, 6.45) is 29.0. The molecule has 3 N–H and O–H groups in total. The van der Waals surface area contributed by atoms with Crippen LogP contribution >= 0.6 is 0 Å². The summed E-state index contributed by atoms with van der Waals surface area (Å²) in [6.45, 7) is 7.31. The van der Waals surface area contributed by atoms with Crippen molar-refractivity contribution in [1.82, 2.24) is 9.80 Å². The van der Waals surface area contributed by atoms with Crippen molar-refractivity contribution in [2.45, 2.75) is 142 Å². The highest BCUT2D eigenvalue weighted by molar-refractivity contribution is 4.81. The monoisotopic (exact) mass is 453 g/mol. The SMILES string of the molecule is CCCCCCCCCCCCCCCCCCCCCC1N(CCN)CCN1CCO. The maximum Gasteiger partial charge on any atom is 0.0624 e. The number of nitrogens with two attached hydrogens (primary N) is 1. The Kier molecular flexibility index (Phi) is 21.1. The topological polar surface area (TPSA) is 52.7 Å². The molecule has 1 saturated heterocycles. The summed E-state index contributed by atoms with van der Waals surface area (Å²) in [7, 11) is 0. The lowest BCUT2D eigenvalue weighted by Gasteiger charge is -2.29. The average Bonchev–Trinajstić information content (AvgIpc) is 3.17. The van der Waals surface area contributed by atoms with E-state index in [-0.39, 0.29) is 6.61 Å². The fourth-order valence-corrected chi connectivity index (χ4v) is 5.37. The fraction of sp³-hybridized carbons (Fsp3) is 1.00. The summed E-state index contributed by atoms with van der Waals surface area (Å²) < 4.78 is 0. The minimum Gasteiger partial charge on any atom is -0.395 e. The molecule has 0 saturated carbocycles. The summed E-state index contributed by atoms with van der Waals surface area (Å²) in [5.41, 5.74) is 5.78. The Morgan fingerprint density at radius 2 is 0.969 bits per heavy atom. The Balaban J connectivity index is 1.82.